The van der Waals surface area contributed by atoms with Gasteiger partial charge >= 0.3 is 33.6 Å². The van der Waals surface area contributed by atoms with Crippen molar-refractivity contribution in [3.63, 3.8) is 0 Å². The van der Waals surface area contributed by atoms with E-state index in [1.165, 1.54) is 57.8 Å². The standard InChI is InChI=1S/C77H132O16P2/c1-4-7-10-13-16-19-22-25-28-30-31-32-33-34-35-36-37-38-39-41-44-45-48-51-54-57-60-63-75(80)87-66-72(78)67-89-94(83,84)90-68-73(79)69-91-95(85,86)92-71-74(93-77(82)65-62-59-56-53-50-47-42-27-24-21-18-15-12-9-6-3)70-88-76(81)64-61-58-55-52-49-46-43-40-29-26-23-20-17-14-11-8-5-2/h7-8,10-11,16-17,19-20,25-29,31-32,34-35,37-38,42,72-74,78-79H,4-6,9,12-15,18,21-24,30,33,36,39-41,43-71H2,1-3H3,(H,83,84)(H,85,86)/b10-7-,11-8-,19-16-,20-17-,28-25-,29-26-,32-31-,35-34-,38-37-,42-27-. The molecule has 0 bridgehead atoms. The maximum Gasteiger partial charge on any atom is 0.472 e. The molecule has 0 fully saturated rings. The summed E-state index contributed by atoms with van der Waals surface area (Å²) in [7, 11) is -9.79. The molecule has 0 spiro atoms. The van der Waals surface area contributed by atoms with E-state index in [0.717, 1.165) is 173 Å². The van der Waals surface area contributed by atoms with Crippen molar-refractivity contribution in [2.45, 2.75) is 309 Å². The molecule has 0 aliphatic rings. The Morgan fingerprint density at radius 1 is 0.305 bits per heavy atom. The largest absolute Gasteiger partial charge is 0.472 e. The average Bonchev–Trinajstić information content (AvgIpc) is 2.05. The lowest BCUT2D eigenvalue weighted by atomic mass is 10.1. The maximum atomic E-state index is 12.9. The highest BCUT2D eigenvalue weighted by molar-refractivity contribution is 7.47. The molecule has 18 heteroatoms. The van der Waals surface area contributed by atoms with Crippen LogP contribution < -0.4 is 0 Å². The molecule has 0 aromatic rings. The van der Waals surface area contributed by atoms with Gasteiger partial charge in [-0.1, -0.05) is 264 Å². The Hall–Kier alpha value is -4.05. The third kappa shape index (κ3) is 71.1. The second kappa shape index (κ2) is 69.8. The fraction of sp³-hybridized carbons (Fsp3) is 0.701. The van der Waals surface area contributed by atoms with E-state index in [-0.39, 0.29) is 19.3 Å². The summed E-state index contributed by atoms with van der Waals surface area (Å²) in [6.07, 6.45) is 81.0. The van der Waals surface area contributed by atoms with Gasteiger partial charge < -0.3 is 34.2 Å². The van der Waals surface area contributed by atoms with Gasteiger partial charge in [0.2, 0.25) is 0 Å². The number of phosphoric acid groups is 2. The van der Waals surface area contributed by atoms with Gasteiger partial charge in [0.1, 0.15) is 25.4 Å². The SMILES string of the molecule is CC/C=C\C/C=C\C/C=C\C/C=C\C/C=C\C/C=C\CCCCCCCCCCC(=O)OCC(O)COP(=O)(O)OCC(O)COP(=O)(O)OCC(COC(=O)CCCCCCCCC/C=C\C/C=C\C/C=C\CC)OC(=O)CCCCCCC/C=C\CCCCCCCC. The van der Waals surface area contributed by atoms with E-state index in [9.17, 15) is 43.5 Å². The second-order valence-corrected chi connectivity index (χ2v) is 27.2. The fourth-order valence-electron chi connectivity index (χ4n) is 9.58. The minimum Gasteiger partial charge on any atom is -0.463 e. The first-order chi connectivity index (χ1) is 46.2. The van der Waals surface area contributed by atoms with Gasteiger partial charge in [-0.2, -0.15) is 0 Å². The molecule has 0 aromatic carbocycles. The first kappa shape index (κ1) is 91.0. The van der Waals surface area contributed by atoms with E-state index in [4.69, 9.17) is 32.3 Å². The number of allylic oxidation sites excluding steroid dienone is 20. The Bertz CT molecular complexity index is 2210. The maximum absolute atomic E-state index is 12.9. The van der Waals surface area contributed by atoms with E-state index >= 15 is 0 Å². The zero-order valence-corrected chi connectivity index (χ0v) is 61.1. The van der Waals surface area contributed by atoms with Gasteiger partial charge in [0.15, 0.2) is 6.10 Å². The number of ether oxygens (including phenoxy) is 3. The van der Waals surface area contributed by atoms with Crippen molar-refractivity contribution in [1.29, 1.82) is 0 Å². The molecule has 0 saturated carbocycles. The van der Waals surface area contributed by atoms with E-state index < -0.39 is 91.5 Å². The third-order valence-electron chi connectivity index (χ3n) is 15.2. The van der Waals surface area contributed by atoms with Gasteiger partial charge in [0.25, 0.3) is 0 Å². The number of hydrogen-bond acceptors (Lipinski definition) is 14. The molecule has 16 nitrogen and oxygen atoms in total. The molecule has 4 N–H and O–H groups in total. The number of carbonyl (C=O) groups is 3. The third-order valence-corrected chi connectivity index (χ3v) is 17.1. The number of esters is 3. The van der Waals surface area contributed by atoms with Crippen molar-refractivity contribution >= 4 is 33.6 Å². The molecule has 95 heavy (non-hydrogen) atoms. The van der Waals surface area contributed by atoms with E-state index in [0.29, 0.717) is 19.3 Å². The summed E-state index contributed by atoms with van der Waals surface area (Å²) in [5.74, 6) is -1.60. The highest BCUT2D eigenvalue weighted by atomic mass is 31.2. The van der Waals surface area contributed by atoms with Gasteiger partial charge in [-0.05, 0) is 128 Å². The topological polar surface area (TPSA) is 231 Å². The smallest absolute Gasteiger partial charge is 0.463 e. The van der Waals surface area contributed by atoms with Crippen LogP contribution in [0.3, 0.4) is 0 Å². The molecule has 546 valence electrons. The fourth-order valence-corrected chi connectivity index (χ4v) is 11.2. The van der Waals surface area contributed by atoms with Crippen LogP contribution in [0.1, 0.15) is 290 Å². The van der Waals surface area contributed by atoms with Crippen LogP contribution in [-0.4, -0.2) is 95.9 Å². The number of hydrogen-bond donors (Lipinski definition) is 4. The summed E-state index contributed by atoms with van der Waals surface area (Å²) in [5.41, 5.74) is 0. The normalized spacial score (nSPS) is 14.8. The molecular formula is C77H132O16P2. The zero-order valence-electron chi connectivity index (χ0n) is 59.3. The van der Waals surface area contributed by atoms with Crippen molar-refractivity contribution in [3.05, 3.63) is 122 Å². The van der Waals surface area contributed by atoms with Crippen LogP contribution in [0.4, 0.5) is 0 Å². The summed E-state index contributed by atoms with van der Waals surface area (Å²) in [5, 5.41) is 20.6. The van der Waals surface area contributed by atoms with Gasteiger partial charge in [-0.3, -0.25) is 32.5 Å². The predicted molar refractivity (Wildman–Crippen MR) is 390 cm³/mol. The van der Waals surface area contributed by atoms with Gasteiger partial charge in [-0.25, -0.2) is 9.13 Å². The number of carbonyl (C=O) groups excluding carboxylic acids is 3. The Morgan fingerprint density at radius 2 is 0.558 bits per heavy atom. The number of unbranched alkanes of at least 4 members (excludes halogenated alkanes) is 26. The zero-order chi connectivity index (χ0) is 69.5. The summed E-state index contributed by atoms with van der Waals surface area (Å²) in [4.78, 5) is 58.5. The van der Waals surface area contributed by atoms with Crippen molar-refractivity contribution in [3.8, 4) is 0 Å². The molecule has 0 amide bonds. The van der Waals surface area contributed by atoms with Crippen molar-refractivity contribution in [2.75, 3.05) is 39.6 Å². The summed E-state index contributed by atoms with van der Waals surface area (Å²) < 4.78 is 61.0. The molecule has 0 saturated heterocycles. The van der Waals surface area contributed by atoms with Crippen LogP contribution in [-0.2, 0) is 55.8 Å². The Labute approximate surface area is 576 Å². The molecule has 0 aliphatic heterocycles. The Balaban J connectivity index is 4.57. The molecule has 0 aromatic heterocycles. The van der Waals surface area contributed by atoms with E-state index in [2.05, 4.69) is 142 Å². The molecule has 5 unspecified atom stereocenters. The molecule has 0 rings (SSSR count). The van der Waals surface area contributed by atoms with Crippen molar-refractivity contribution in [2.24, 2.45) is 0 Å². The van der Waals surface area contributed by atoms with Crippen LogP contribution >= 0.6 is 15.6 Å². The molecule has 0 aliphatic carbocycles. The Morgan fingerprint density at radius 3 is 0.895 bits per heavy atom. The number of aliphatic hydroxyl groups excluding tert-OH is 2. The predicted octanol–water partition coefficient (Wildman–Crippen LogP) is 21.0. The number of rotatable bonds is 69. The quantitative estimate of drug-likeness (QED) is 0.0146. The van der Waals surface area contributed by atoms with E-state index in [1.54, 1.807) is 0 Å². The van der Waals surface area contributed by atoms with Gasteiger partial charge in [0.05, 0.1) is 26.4 Å². The van der Waals surface area contributed by atoms with E-state index in [1.807, 2.05) is 0 Å². The first-order valence-corrected chi connectivity index (χ1v) is 39.8. The highest BCUT2D eigenvalue weighted by Gasteiger charge is 2.29. The minimum absolute atomic E-state index is 0.0913. The van der Waals surface area contributed by atoms with Crippen LogP contribution in [0.15, 0.2) is 122 Å². The minimum atomic E-state index is -4.93. The lowest BCUT2D eigenvalue weighted by molar-refractivity contribution is -0.161. The second-order valence-electron chi connectivity index (χ2n) is 24.3. The average molecular weight is 1380 g/mol. The molecular weight excluding hydrogens is 1240 g/mol. The summed E-state index contributed by atoms with van der Waals surface area (Å²) in [6, 6.07) is 0. The monoisotopic (exact) mass is 1370 g/mol. The molecule has 0 radical (unpaired) electrons. The van der Waals surface area contributed by atoms with Crippen LogP contribution in [0, 0.1) is 0 Å². The summed E-state index contributed by atoms with van der Waals surface area (Å²) in [6.45, 7) is 2.42. The Kier molecular flexibility index (Phi) is 66.9. The van der Waals surface area contributed by atoms with Crippen LogP contribution in [0.25, 0.3) is 0 Å². The lowest BCUT2D eigenvalue weighted by Gasteiger charge is -2.21. The van der Waals surface area contributed by atoms with Gasteiger partial charge in [0, 0.05) is 19.3 Å². The summed E-state index contributed by atoms with van der Waals surface area (Å²) >= 11 is 0. The van der Waals surface area contributed by atoms with Crippen molar-refractivity contribution < 1.29 is 75.8 Å². The van der Waals surface area contributed by atoms with Crippen LogP contribution in [0.5, 0.6) is 0 Å². The number of aliphatic hydroxyl groups is 2. The van der Waals surface area contributed by atoms with Gasteiger partial charge in [-0.15, -0.1) is 0 Å². The molecule has 0 heterocycles. The molecule has 5 atom stereocenters. The van der Waals surface area contributed by atoms with Crippen molar-refractivity contribution in [1.82, 2.24) is 0 Å². The number of phosphoric ester groups is 2. The highest BCUT2D eigenvalue weighted by Crippen LogP contribution is 2.45. The van der Waals surface area contributed by atoms with Crippen LogP contribution in [0.2, 0.25) is 0 Å². The first-order valence-electron chi connectivity index (χ1n) is 36.8. The lowest BCUT2D eigenvalue weighted by Crippen LogP contribution is -2.30.